The van der Waals surface area contributed by atoms with Crippen LogP contribution in [0.25, 0.3) is 10.9 Å². The molecule has 1 aromatic carbocycles. The molecule has 0 bridgehead atoms. The highest BCUT2D eigenvalue weighted by Gasteiger charge is 2.15. The first-order valence-corrected chi connectivity index (χ1v) is 8.61. The molecule has 2 aliphatic heterocycles. The molecule has 4 nitrogen and oxygen atoms in total. The molecule has 0 atom stereocenters. The standard InChI is InChI=1S/C18H24N4/c1-2-10-22(11-3-1)18-19-13-16-12-15(6-7-17(16)20-18)14-21-8-4-5-9-21/h6-7,12-13H,1-5,8-11,14H2. The second-order valence-corrected chi connectivity index (χ2v) is 6.59. The zero-order valence-corrected chi connectivity index (χ0v) is 13.2. The maximum atomic E-state index is 4.77. The molecule has 0 amide bonds. The number of benzene rings is 1. The van der Waals surface area contributed by atoms with E-state index in [2.05, 4.69) is 33.0 Å². The maximum absolute atomic E-state index is 4.77. The summed E-state index contributed by atoms with van der Waals surface area (Å²) in [6.07, 6.45) is 8.54. The Bertz CT molecular complexity index is 643. The van der Waals surface area contributed by atoms with Crippen LogP contribution in [0.4, 0.5) is 5.95 Å². The lowest BCUT2D eigenvalue weighted by Crippen LogP contribution is -2.30. The zero-order chi connectivity index (χ0) is 14.8. The average Bonchev–Trinajstić information content (AvgIpc) is 3.08. The fraction of sp³-hybridized carbons (Fsp3) is 0.556. The van der Waals surface area contributed by atoms with Crippen molar-refractivity contribution in [2.45, 2.75) is 38.6 Å². The van der Waals surface area contributed by atoms with Gasteiger partial charge >= 0.3 is 0 Å². The first kappa shape index (κ1) is 13.9. The summed E-state index contributed by atoms with van der Waals surface area (Å²) in [6, 6.07) is 6.65. The van der Waals surface area contributed by atoms with Gasteiger partial charge < -0.3 is 4.90 Å². The van der Waals surface area contributed by atoms with Gasteiger partial charge in [0.15, 0.2) is 0 Å². The summed E-state index contributed by atoms with van der Waals surface area (Å²) in [6.45, 7) is 5.73. The van der Waals surface area contributed by atoms with E-state index in [1.165, 1.54) is 50.8 Å². The van der Waals surface area contributed by atoms with Crippen LogP contribution in [0.15, 0.2) is 24.4 Å². The van der Waals surface area contributed by atoms with Crippen molar-refractivity contribution in [3.63, 3.8) is 0 Å². The van der Waals surface area contributed by atoms with E-state index in [-0.39, 0.29) is 0 Å². The van der Waals surface area contributed by atoms with Gasteiger partial charge in [-0.05, 0) is 62.9 Å². The SMILES string of the molecule is c1cc2nc(N3CCCCC3)ncc2cc1CN1CCCC1. The second kappa shape index (κ2) is 6.21. The summed E-state index contributed by atoms with van der Waals surface area (Å²) in [5.41, 5.74) is 2.45. The van der Waals surface area contributed by atoms with Gasteiger partial charge in [-0.15, -0.1) is 0 Å². The third-order valence-corrected chi connectivity index (χ3v) is 4.88. The van der Waals surface area contributed by atoms with Crippen molar-refractivity contribution >= 4 is 16.9 Å². The highest BCUT2D eigenvalue weighted by molar-refractivity contribution is 5.79. The van der Waals surface area contributed by atoms with Crippen LogP contribution >= 0.6 is 0 Å². The first-order chi connectivity index (χ1) is 10.9. The van der Waals surface area contributed by atoms with Crippen LogP contribution in [-0.4, -0.2) is 41.0 Å². The van der Waals surface area contributed by atoms with E-state index in [9.17, 15) is 0 Å². The van der Waals surface area contributed by atoms with E-state index in [0.717, 1.165) is 36.5 Å². The molecule has 0 unspecified atom stereocenters. The van der Waals surface area contributed by atoms with Crippen molar-refractivity contribution < 1.29 is 0 Å². The van der Waals surface area contributed by atoms with Gasteiger partial charge in [0, 0.05) is 31.2 Å². The summed E-state index contributed by atoms with van der Waals surface area (Å²) in [5, 5.41) is 1.16. The second-order valence-electron chi connectivity index (χ2n) is 6.59. The van der Waals surface area contributed by atoms with Crippen LogP contribution in [0.5, 0.6) is 0 Å². The number of likely N-dealkylation sites (tertiary alicyclic amines) is 1. The Morgan fingerprint density at radius 3 is 2.50 bits per heavy atom. The molecular weight excluding hydrogens is 272 g/mol. The highest BCUT2D eigenvalue weighted by atomic mass is 15.2. The summed E-state index contributed by atoms with van der Waals surface area (Å²) in [7, 11) is 0. The number of nitrogens with zero attached hydrogens (tertiary/aromatic N) is 4. The van der Waals surface area contributed by atoms with E-state index >= 15 is 0 Å². The van der Waals surface area contributed by atoms with E-state index < -0.39 is 0 Å². The minimum atomic E-state index is 0.902. The van der Waals surface area contributed by atoms with Gasteiger partial charge in [0.05, 0.1) is 5.52 Å². The van der Waals surface area contributed by atoms with Crippen LogP contribution in [-0.2, 0) is 6.54 Å². The van der Waals surface area contributed by atoms with Crippen molar-refractivity contribution in [1.29, 1.82) is 0 Å². The summed E-state index contributed by atoms with van der Waals surface area (Å²) in [4.78, 5) is 14.2. The molecule has 2 fully saturated rings. The number of hydrogen-bond acceptors (Lipinski definition) is 4. The molecule has 0 spiro atoms. The Morgan fingerprint density at radius 1 is 0.909 bits per heavy atom. The monoisotopic (exact) mass is 296 g/mol. The molecule has 2 aliphatic rings. The number of fused-ring (bicyclic) bond motifs is 1. The number of hydrogen-bond donors (Lipinski definition) is 0. The molecule has 4 heteroatoms. The molecule has 4 rings (SSSR count). The van der Waals surface area contributed by atoms with Crippen molar-refractivity contribution in [2.24, 2.45) is 0 Å². The van der Waals surface area contributed by atoms with Crippen LogP contribution in [0, 0.1) is 0 Å². The molecule has 0 radical (unpaired) electrons. The quantitative estimate of drug-likeness (QED) is 0.870. The number of rotatable bonds is 3. The Balaban J connectivity index is 1.55. The number of aromatic nitrogens is 2. The summed E-state index contributed by atoms with van der Waals surface area (Å²) < 4.78 is 0. The Hall–Kier alpha value is -1.68. The Morgan fingerprint density at radius 2 is 1.68 bits per heavy atom. The predicted molar refractivity (Wildman–Crippen MR) is 90.1 cm³/mol. The third kappa shape index (κ3) is 2.93. The normalized spacial score (nSPS) is 19.9. The molecule has 1 aromatic heterocycles. The van der Waals surface area contributed by atoms with Crippen molar-refractivity contribution in [3.8, 4) is 0 Å². The van der Waals surface area contributed by atoms with Gasteiger partial charge in [-0.1, -0.05) is 6.07 Å². The topological polar surface area (TPSA) is 32.3 Å². The van der Waals surface area contributed by atoms with Gasteiger partial charge in [-0.25, -0.2) is 9.97 Å². The molecule has 116 valence electrons. The van der Waals surface area contributed by atoms with Gasteiger partial charge in [0.1, 0.15) is 0 Å². The minimum absolute atomic E-state index is 0.902. The molecule has 0 N–H and O–H groups in total. The van der Waals surface area contributed by atoms with E-state index in [4.69, 9.17) is 4.98 Å². The lowest BCUT2D eigenvalue weighted by molar-refractivity contribution is 0.331. The first-order valence-electron chi connectivity index (χ1n) is 8.61. The molecule has 0 saturated carbocycles. The molecule has 2 saturated heterocycles. The van der Waals surface area contributed by atoms with Crippen LogP contribution < -0.4 is 4.90 Å². The van der Waals surface area contributed by atoms with Crippen molar-refractivity contribution in [1.82, 2.24) is 14.9 Å². The molecular formula is C18H24N4. The Kier molecular flexibility index (Phi) is 3.94. The lowest BCUT2D eigenvalue weighted by Gasteiger charge is -2.26. The lowest BCUT2D eigenvalue weighted by atomic mass is 10.1. The third-order valence-electron chi connectivity index (χ3n) is 4.88. The molecule has 3 heterocycles. The van der Waals surface area contributed by atoms with Gasteiger partial charge in [-0.2, -0.15) is 0 Å². The zero-order valence-electron chi connectivity index (χ0n) is 13.2. The molecule has 0 aliphatic carbocycles. The smallest absolute Gasteiger partial charge is 0.225 e. The van der Waals surface area contributed by atoms with Crippen LogP contribution in [0.1, 0.15) is 37.7 Å². The van der Waals surface area contributed by atoms with Crippen LogP contribution in [0.2, 0.25) is 0 Å². The van der Waals surface area contributed by atoms with Gasteiger partial charge in [0.2, 0.25) is 5.95 Å². The van der Waals surface area contributed by atoms with Crippen LogP contribution in [0.3, 0.4) is 0 Å². The van der Waals surface area contributed by atoms with E-state index in [0.29, 0.717) is 0 Å². The fourth-order valence-corrected chi connectivity index (χ4v) is 3.62. The fourth-order valence-electron chi connectivity index (χ4n) is 3.62. The van der Waals surface area contributed by atoms with E-state index in [1.807, 2.05) is 6.20 Å². The summed E-state index contributed by atoms with van der Waals surface area (Å²) >= 11 is 0. The predicted octanol–water partition coefficient (Wildman–Crippen LogP) is 3.22. The summed E-state index contributed by atoms with van der Waals surface area (Å²) in [5.74, 6) is 0.902. The molecule has 2 aromatic rings. The number of piperidine rings is 1. The maximum Gasteiger partial charge on any atom is 0.225 e. The largest absolute Gasteiger partial charge is 0.341 e. The van der Waals surface area contributed by atoms with Gasteiger partial charge in [0.25, 0.3) is 0 Å². The Labute approximate surface area is 132 Å². The average molecular weight is 296 g/mol. The van der Waals surface area contributed by atoms with Crippen molar-refractivity contribution in [3.05, 3.63) is 30.0 Å². The minimum Gasteiger partial charge on any atom is -0.341 e. The highest BCUT2D eigenvalue weighted by Crippen LogP contribution is 2.21. The molecule has 22 heavy (non-hydrogen) atoms. The van der Waals surface area contributed by atoms with Crippen molar-refractivity contribution in [2.75, 3.05) is 31.1 Å². The van der Waals surface area contributed by atoms with Gasteiger partial charge in [-0.3, -0.25) is 4.90 Å². The van der Waals surface area contributed by atoms with E-state index in [1.54, 1.807) is 0 Å². The number of anilines is 1.